The Balaban J connectivity index is 2.92. The molecule has 1 fully saturated rings. The Kier molecular flexibility index (Phi) is 2.82. The molecule has 0 atom stereocenters. The van der Waals surface area contributed by atoms with Crippen molar-refractivity contribution < 1.29 is 4.79 Å². The van der Waals surface area contributed by atoms with E-state index in [4.69, 9.17) is 12.2 Å². The maximum Gasteiger partial charge on any atom is 0.265 e. The second-order valence-electron chi connectivity index (χ2n) is 4.11. The molecule has 4 heteroatoms. The average molecular weight is 215 g/mol. The van der Waals surface area contributed by atoms with Crippen LogP contribution in [0.25, 0.3) is 0 Å². The maximum absolute atomic E-state index is 11.5. The van der Waals surface area contributed by atoms with Gasteiger partial charge in [0.15, 0.2) is 0 Å². The van der Waals surface area contributed by atoms with Crippen LogP contribution in [0.1, 0.15) is 20.8 Å². The third kappa shape index (κ3) is 2.54. The Hall–Kier alpha value is -0.350. The summed E-state index contributed by atoms with van der Waals surface area (Å²) >= 11 is 6.39. The zero-order valence-electron chi connectivity index (χ0n) is 8.25. The van der Waals surface area contributed by atoms with E-state index < -0.39 is 0 Å². The SMILES string of the molecule is CN1C(=O)/C(=C/C(C)(C)C)SC1=S. The molecule has 0 bridgehead atoms. The Morgan fingerprint density at radius 3 is 2.31 bits per heavy atom. The number of thioether (sulfide) groups is 1. The van der Waals surface area contributed by atoms with Gasteiger partial charge in [0.25, 0.3) is 5.91 Å². The van der Waals surface area contributed by atoms with Crippen LogP contribution in [-0.2, 0) is 4.79 Å². The number of thiocarbonyl (C=S) groups is 1. The minimum absolute atomic E-state index is 0.0184. The molecule has 1 saturated heterocycles. The van der Waals surface area contributed by atoms with Crippen molar-refractivity contribution in [2.45, 2.75) is 20.8 Å². The van der Waals surface area contributed by atoms with E-state index in [0.717, 1.165) is 4.91 Å². The van der Waals surface area contributed by atoms with Crippen molar-refractivity contribution in [1.82, 2.24) is 4.90 Å². The van der Waals surface area contributed by atoms with Gasteiger partial charge in [-0.2, -0.15) is 0 Å². The van der Waals surface area contributed by atoms with E-state index in [1.165, 1.54) is 16.7 Å². The topological polar surface area (TPSA) is 20.3 Å². The molecule has 0 spiro atoms. The number of nitrogens with zero attached hydrogens (tertiary/aromatic N) is 1. The predicted octanol–water partition coefficient (Wildman–Crippen LogP) is 2.41. The van der Waals surface area contributed by atoms with Gasteiger partial charge >= 0.3 is 0 Å². The van der Waals surface area contributed by atoms with Gasteiger partial charge in [0.2, 0.25) is 0 Å². The number of rotatable bonds is 0. The van der Waals surface area contributed by atoms with Crippen molar-refractivity contribution in [2.75, 3.05) is 7.05 Å². The van der Waals surface area contributed by atoms with Gasteiger partial charge in [-0.25, -0.2) is 0 Å². The van der Waals surface area contributed by atoms with E-state index in [0.29, 0.717) is 4.32 Å². The molecule has 1 heterocycles. The molecular formula is C9H13NOS2. The fraction of sp³-hybridized carbons (Fsp3) is 0.556. The summed E-state index contributed by atoms with van der Waals surface area (Å²) in [7, 11) is 1.71. The minimum Gasteiger partial charge on any atom is -0.296 e. The van der Waals surface area contributed by atoms with Gasteiger partial charge in [-0.15, -0.1) is 0 Å². The van der Waals surface area contributed by atoms with E-state index in [9.17, 15) is 4.79 Å². The Morgan fingerprint density at radius 2 is 2.00 bits per heavy atom. The van der Waals surface area contributed by atoms with Gasteiger partial charge < -0.3 is 0 Å². The van der Waals surface area contributed by atoms with Crippen LogP contribution in [0.5, 0.6) is 0 Å². The molecule has 0 saturated carbocycles. The lowest BCUT2D eigenvalue weighted by Crippen LogP contribution is -2.22. The highest BCUT2D eigenvalue weighted by atomic mass is 32.2. The molecule has 0 aromatic carbocycles. The molecule has 0 aromatic heterocycles. The van der Waals surface area contributed by atoms with Crippen molar-refractivity contribution in [2.24, 2.45) is 5.41 Å². The first-order chi connectivity index (χ1) is 5.81. The minimum atomic E-state index is 0.0184. The molecular weight excluding hydrogens is 202 g/mol. The van der Waals surface area contributed by atoms with E-state index >= 15 is 0 Å². The first kappa shape index (κ1) is 10.7. The van der Waals surface area contributed by atoms with Crippen LogP contribution >= 0.6 is 24.0 Å². The lowest BCUT2D eigenvalue weighted by Gasteiger charge is -2.12. The molecule has 72 valence electrons. The Labute approximate surface area is 88.4 Å². The molecule has 1 rings (SSSR count). The molecule has 0 radical (unpaired) electrons. The van der Waals surface area contributed by atoms with Crippen LogP contribution in [0.15, 0.2) is 11.0 Å². The van der Waals surface area contributed by atoms with Crippen LogP contribution in [0.4, 0.5) is 0 Å². The van der Waals surface area contributed by atoms with Gasteiger partial charge in [0.05, 0.1) is 4.91 Å². The van der Waals surface area contributed by atoms with Crippen LogP contribution in [0.2, 0.25) is 0 Å². The third-order valence-electron chi connectivity index (χ3n) is 1.55. The summed E-state index contributed by atoms with van der Waals surface area (Å²) in [4.78, 5) is 13.8. The second-order valence-corrected chi connectivity index (χ2v) is 5.78. The van der Waals surface area contributed by atoms with E-state index in [1.807, 2.05) is 6.08 Å². The van der Waals surface area contributed by atoms with Gasteiger partial charge in [-0.3, -0.25) is 9.69 Å². The smallest absolute Gasteiger partial charge is 0.265 e. The standard InChI is InChI=1S/C9H13NOS2/c1-9(2,3)5-6-7(11)10(4)8(12)13-6/h5H,1-4H3/b6-5-. The lowest BCUT2D eigenvalue weighted by atomic mass is 9.96. The van der Waals surface area contributed by atoms with Crippen LogP contribution in [0, 0.1) is 5.41 Å². The number of hydrogen-bond acceptors (Lipinski definition) is 3. The number of likely N-dealkylation sites (N-methyl/N-ethyl adjacent to an activating group) is 1. The molecule has 0 unspecified atom stereocenters. The molecule has 1 aliphatic rings. The summed E-state index contributed by atoms with van der Waals surface area (Å²) in [6.45, 7) is 6.19. The molecule has 0 aromatic rings. The highest BCUT2D eigenvalue weighted by Crippen LogP contribution is 2.33. The van der Waals surface area contributed by atoms with E-state index in [2.05, 4.69) is 20.8 Å². The van der Waals surface area contributed by atoms with Crippen LogP contribution in [-0.4, -0.2) is 22.2 Å². The summed E-state index contributed by atoms with van der Waals surface area (Å²) in [6.07, 6.45) is 1.97. The normalized spacial score (nSPS) is 21.8. The number of hydrogen-bond donors (Lipinski definition) is 0. The highest BCUT2D eigenvalue weighted by molar-refractivity contribution is 8.26. The molecule has 1 amide bonds. The highest BCUT2D eigenvalue weighted by Gasteiger charge is 2.29. The fourth-order valence-corrected chi connectivity index (χ4v) is 2.34. The monoisotopic (exact) mass is 215 g/mol. The quantitative estimate of drug-likeness (QED) is 0.457. The summed E-state index contributed by atoms with van der Waals surface area (Å²) in [6, 6.07) is 0. The van der Waals surface area contributed by atoms with Crippen molar-refractivity contribution >= 4 is 34.2 Å². The van der Waals surface area contributed by atoms with Crippen molar-refractivity contribution in [3.05, 3.63) is 11.0 Å². The number of carbonyl (C=O) groups excluding carboxylic acids is 1. The zero-order valence-corrected chi connectivity index (χ0v) is 9.88. The predicted molar refractivity (Wildman–Crippen MR) is 60.5 cm³/mol. The Bertz CT molecular complexity index is 288. The van der Waals surface area contributed by atoms with Gasteiger partial charge in [0, 0.05) is 7.05 Å². The van der Waals surface area contributed by atoms with Gasteiger partial charge in [-0.1, -0.05) is 50.8 Å². The van der Waals surface area contributed by atoms with Crippen LogP contribution < -0.4 is 0 Å². The molecule has 13 heavy (non-hydrogen) atoms. The maximum atomic E-state index is 11.5. The van der Waals surface area contributed by atoms with E-state index in [1.54, 1.807) is 7.05 Å². The fourth-order valence-electron chi connectivity index (χ4n) is 0.939. The Morgan fingerprint density at radius 1 is 1.46 bits per heavy atom. The first-order valence-electron chi connectivity index (χ1n) is 4.04. The number of carbonyl (C=O) groups is 1. The molecule has 0 N–H and O–H groups in total. The van der Waals surface area contributed by atoms with Gasteiger partial charge in [-0.05, 0) is 5.41 Å². The molecule has 0 aliphatic carbocycles. The van der Waals surface area contributed by atoms with Crippen LogP contribution in [0.3, 0.4) is 0 Å². The number of amides is 1. The van der Waals surface area contributed by atoms with Crippen molar-refractivity contribution in [3.63, 3.8) is 0 Å². The van der Waals surface area contributed by atoms with Crippen molar-refractivity contribution in [1.29, 1.82) is 0 Å². The van der Waals surface area contributed by atoms with Crippen molar-refractivity contribution in [3.8, 4) is 0 Å². The van der Waals surface area contributed by atoms with Gasteiger partial charge in [0.1, 0.15) is 4.32 Å². The zero-order chi connectivity index (χ0) is 10.2. The second kappa shape index (κ2) is 3.42. The third-order valence-corrected chi connectivity index (χ3v) is 3.04. The lowest BCUT2D eigenvalue weighted by molar-refractivity contribution is -0.121. The summed E-state index contributed by atoms with van der Waals surface area (Å²) in [5, 5.41) is 0. The molecule has 2 nitrogen and oxygen atoms in total. The average Bonchev–Trinajstić information content (AvgIpc) is 2.15. The van der Waals surface area contributed by atoms with E-state index in [-0.39, 0.29) is 11.3 Å². The summed E-state index contributed by atoms with van der Waals surface area (Å²) in [5.41, 5.74) is 0.0266. The summed E-state index contributed by atoms with van der Waals surface area (Å²) in [5.74, 6) is 0.0184. The summed E-state index contributed by atoms with van der Waals surface area (Å²) < 4.78 is 0.639. The largest absolute Gasteiger partial charge is 0.296 e. The number of allylic oxidation sites excluding steroid dienone is 1. The first-order valence-corrected chi connectivity index (χ1v) is 5.26. The molecule has 1 aliphatic heterocycles.